The van der Waals surface area contributed by atoms with E-state index in [4.69, 9.17) is 4.74 Å². The molecule has 1 atom stereocenters. The first kappa shape index (κ1) is 30.8. The Kier molecular flexibility index (Phi) is 11.4. The van der Waals surface area contributed by atoms with Gasteiger partial charge in [-0.1, -0.05) is 65.5 Å². The van der Waals surface area contributed by atoms with Gasteiger partial charge in [-0.2, -0.15) is 10.6 Å². The molecule has 3 rings (SSSR count). The topological polar surface area (TPSA) is 68.2 Å². The molecule has 0 aliphatic carbocycles. The molecule has 0 radical (unpaired) electrons. The number of hydrogen-bond acceptors (Lipinski definition) is 6. The summed E-state index contributed by atoms with van der Waals surface area (Å²) in [5.74, 6) is 1.22. The first-order valence-corrected chi connectivity index (χ1v) is 16.2. The molecule has 1 aliphatic heterocycles. The van der Waals surface area contributed by atoms with Crippen LogP contribution in [0.2, 0.25) is 0 Å². The molecule has 0 saturated heterocycles. The lowest BCUT2D eigenvalue weighted by Crippen LogP contribution is -2.50. The maximum atomic E-state index is 11.6. The van der Waals surface area contributed by atoms with Crippen LogP contribution in [0.5, 0.6) is 5.75 Å². The van der Waals surface area contributed by atoms with Crippen LogP contribution in [0.25, 0.3) is 0 Å². The average molecular weight is 546 g/mol. The lowest BCUT2D eigenvalue weighted by atomic mass is 9.86. The number of likely N-dealkylation sites (N-methyl/N-ethyl adjacent to an activating group) is 1. The summed E-state index contributed by atoms with van der Waals surface area (Å²) in [6.45, 7) is 12.4. The molecule has 1 heterocycles. The zero-order valence-corrected chi connectivity index (χ0v) is 25.3. The number of rotatable bonds is 14. The first-order chi connectivity index (χ1) is 18.2. The predicted octanol–water partition coefficient (Wildman–Crippen LogP) is 7.39. The van der Waals surface area contributed by atoms with Gasteiger partial charge in [0.2, 0.25) is 0 Å². The molecule has 0 bridgehead atoms. The Morgan fingerprint density at radius 3 is 2.13 bits per heavy atom. The van der Waals surface area contributed by atoms with Crippen molar-refractivity contribution in [3.05, 3.63) is 53.6 Å². The van der Waals surface area contributed by atoms with E-state index in [1.807, 2.05) is 26.2 Å². The molecule has 0 aromatic heterocycles. The van der Waals surface area contributed by atoms with Gasteiger partial charge in [0.1, 0.15) is 12.4 Å². The Morgan fingerprint density at radius 1 is 0.947 bits per heavy atom. The minimum Gasteiger partial charge on any atom is -0.492 e. The predicted molar refractivity (Wildman–Crippen MR) is 163 cm³/mol. The molecule has 0 spiro atoms. The highest BCUT2D eigenvalue weighted by Crippen LogP contribution is 2.57. The van der Waals surface area contributed by atoms with E-state index in [0.29, 0.717) is 17.3 Å². The smallest absolute Gasteiger partial charge is 0.119 e. The molecule has 7 heteroatoms. The average Bonchev–Trinajstić information content (AvgIpc) is 3.01. The van der Waals surface area contributed by atoms with Gasteiger partial charge in [-0.3, -0.25) is 14.4 Å². The van der Waals surface area contributed by atoms with Crippen molar-refractivity contribution in [3.8, 4) is 5.75 Å². The van der Waals surface area contributed by atoms with Gasteiger partial charge in [-0.25, -0.2) is 0 Å². The van der Waals surface area contributed by atoms with Crippen molar-refractivity contribution in [3.63, 3.8) is 0 Å². The van der Waals surface area contributed by atoms with E-state index >= 15 is 0 Å². The monoisotopic (exact) mass is 545 g/mol. The van der Waals surface area contributed by atoms with Crippen molar-refractivity contribution in [2.45, 2.75) is 82.7 Å². The van der Waals surface area contributed by atoms with Crippen molar-refractivity contribution < 1.29 is 13.8 Å². The Labute approximate surface area is 233 Å². The van der Waals surface area contributed by atoms with Crippen molar-refractivity contribution in [2.75, 3.05) is 51.0 Å². The number of unbranched alkanes of at least 4 members (excludes halogenated alkanes) is 2. The highest BCUT2D eigenvalue weighted by molar-refractivity contribution is 8.24. The van der Waals surface area contributed by atoms with Crippen LogP contribution in [0.3, 0.4) is 0 Å². The van der Waals surface area contributed by atoms with Gasteiger partial charge in [0.25, 0.3) is 0 Å². The SMILES string of the molecule is CCCCC1(CCCC)CS(O)(O)c2ccc(N(C)C)cc2C(c2ccc(OCCN(CC)CC)cc2)N1. The normalized spacial score (nSPS) is 19.0. The molecular formula is C31H51N3O3S. The number of ether oxygens (including phenoxy) is 1. The van der Waals surface area contributed by atoms with Crippen LogP contribution >= 0.6 is 10.6 Å². The highest BCUT2D eigenvalue weighted by Gasteiger charge is 2.42. The largest absolute Gasteiger partial charge is 0.492 e. The summed E-state index contributed by atoms with van der Waals surface area (Å²) in [5, 5.41) is 4.02. The van der Waals surface area contributed by atoms with E-state index in [1.165, 1.54) is 0 Å². The zero-order valence-electron chi connectivity index (χ0n) is 24.5. The Balaban J connectivity index is 2.01. The van der Waals surface area contributed by atoms with Crippen LogP contribution in [0.15, 0.2) is 47.4 Å². The molecule has 2 aromatic rings. The summed E-state index contributed by atoms with van der Waals surface area (Å²) < 4.78 is 29.3. The molecular weight excluding hydrogens is 494 g/mol. The fourth-order valence-corrected chi connectivity index (χ4v) is 7.66. The molecule has 0 saturated carbocycles. The summed E-state index contributed by atoms with van der Waals surface area (Å²) in [6.07, 6.45) is 6.12. The van der Waals surface area contributed by atoms with Gasteiger partial charge in [0.15, 0.2) is 0 Å². The molecule has 1 unspecified atom stereocenters. The van der Waals surface area contributed by atoms with E-state index in [9.17, 15) is 9.11 Å². The molecule has 2 aromatic carbocycles. The minimum absolute atomic E-state index is 0.142. The Hall–Kier alpha value is -1.77. The van der Waals surface area contributed by atoms with Crippen molar-refractivity contribution in [1.29, 1.82) is 0 Å². The Bertz CT molecular complexity index is 984. The van der Waals surface area contributed by atoms with E-state index in [0.717, 1.165) is 80.7 Å². The van der Waals surface area contributed by atoms with Gasteiger partial charge in [-0.05, 0) is 67.4 Å². The molecule has 3 N–H and O–H groups in total. The summed E-state index contributed by atoms with van der Waals surface area (Å²) in [7, 11) is 1.07. The van der Waals surface area contributed by atoms with Crippen molar-refractivity contribution in [1.82, 2.24) is 10.2 Å². The van der Waals surface area contributed by atoms with Crippen LogP contribution in [-0.4, -0.2) is 65.6 Å². The third-order valence-corrected chi connectivity index (χ3v) is 9.93. The highest BCUT2D eigenvalue weighted by atomic mass is 32.3. The van der Waals surface area contributed by atoms with Crippen LogP contribution in [0.1, 0.15) is 83.4 Å². The molecule has 6 nitrogen and oxygen atoms in total. The van der Waals surface area contributed by atoms with E-state index in [2.05, 4.69) is 73.1 Å². The number of nitrogens with one attached hydrogen (secondary N) is 1. The second-order valence-electron chi connectivity index (χ2n) is 10.9. The van der Waals surface area contributed by atoms with Gasteiger partial charge >= 0.3 is 0 Å². The summed E-state index contributed by atoms with van der Waals surface area (Å²) in [4.78, 5) is 5.10. The second-order valence-corrected chi connectivity index (χ2v) is 13.0. The fourth-order valence-electron chi connectivity index (χ4n) is 5.52. The number of benzene rings is 2. The Morgan fingerprint density at radius 2 is 1.58 bits per heavy atom. The molecule has 0 fully saturated rings. The zero-order chi connectivity index (χ0) is 27.8. The molecule has 214 valence electrons. The third-order valence-electron chi connectivity index (χ3n) is 7.90. The van der Waals surface area contributed by atoms with E-state index < -0.39 is 10.6 Å². The molecule has 38 heavy (non-hydrogen) atoms. The summed E-state index contributed by atoms with van der Waals surface area (Å²) in [5.41, 5.74) is 2.79. The number of anilines is 1. The minimum atomic E-state index is -2.97. The van der Waals surface area contributed by atoms with Crippen molar-refractivity contribution in [2.24, 2.45) is 0 Å². The maximum absolute atomic E-state index is 11.6. The van der Waals surface area contributed by atoms with Gasteiger partial charge in [0.05, 0.1) is 16.7 Å². The second kappa shape index (κ2) is 14.0. The van der Waals surface area contributed by atoms with Crippen LogP contribution < -0.4 is 15.0 Å². The number of fused-ring (bicyclic) bond motifs is 1. The van der Waals surface area contributed by atoms with Gasteiger partial charge in [-0.15, -0.1) is 0 Å². The summed E-state index contributed by atoms with van der Waals surface area (Å²) in [6, 6.07) is 14.3. The van der Waals surface area contributed by atoms with Crippen LogP contribution in [0, 0.1) is 0 Å². The van der Waals surface area contributed by atoms with Gasteiger partial charge in [0, 0.05) is 31.9 Å². The molecule has 0 amide bonds. The van der Waals surface area contributed by atoms with E-state index in [1.54, 1.807) is 0 Å². The van der Waals surface area contributed by atoms with Crippen LogP contribution in [-0.2, 0) is 0 Å². The third kappa shape index (κ3) is 7.66. The fraction of sp³-hybridized carbons (Fsp3) is 0.613. The lowest BCUT2D eigenvalue weighted by Gasteiger charge is -2.42. The lowest BCUT2D eigenvalue weighted by molar-refractivity contribution is 0.222. The quantitative estimate of drug-likeness (QED) is 0.230. The number of hydrogen-bond donors (Lipinski definition) is 3. The summed E-state index contributed by atoms with van der Waals surface area (Å²) >= 11 is 0. The molecule has 1 aliphatic rings. The standard InChI is InChI=1S/C31H51N3O3S/c1-7-11-19-31(20-12-8-2)24-38(35,36)29-18-15-26(33(5)6)23-28(29)30(32-31)25-13-16-27(17-14-25)37-22-21-34(9-3)10-4/h13-18,23,30,32,35-36H,7-12,19-22,24H2,1-6H3. The van der Waals surface area contributed by atoms with Gasteiger partial charge < -0.3 is 14.5 Å². The van der Waals surface area contributed by atoms with Crippen molar-refractivity contribution >= 4 is 16.3 Å². The number of nitrogens with zero attached hydrogens (tertiary/aromatic N) is 2. The van der Waals surface area contributed by atoms with Crippen LogP contribution in [0.4, 0.5) is 5.69 Å². The maximum Gasteiger partial charge on any atom is 0.119 e. The first-order valence-electron chi connectivity index (χ1n) is 14.5. The van der Waals surface area contributed by atoms with E-state index in [-0.39, 0.29) is 11.6 Å².